The molecular formula is C30H28N6O6S5. The highest BCUT2D eigenvalue weighted by molar-refractivity contribution is 9.10. The van der Waals surface area contributed by atoms with Gasteiger partial charge in [0.2, 0.25) is 9.74 Å². The van der Waals surface area contributed by atoms with Crippen LogP contribution >= 0.6 is 53.0 Å². The lowest BCUT2D eigenvalue weighted by molar-refractivity contribution is -0.166. The lowest BCUT2D eigenvalue weighted by Gasteiger charge is -2.58. The predicted octanol–water partition coefficient (Wildman–Crippen LogP) is 1.98. The van der Waals surface area contributed by atoms with Crippen LogP contribution in [0.15, 0.2) is 48.5 Å². The van der Waals surface area contributed by atoms with E-state index in [9.17, 15) is 29.4 Å². The van der Waals surface area contributed by atoms with Crippen LogP contribution in [0.5, 0.6) is 0 Å². The molecule has 10 heterocycles. The Hall–Kier alpha value is -2.41. The number of aliphatic hydroxyl groups is 2. The molecule has 12 rings (SSSR count). The topological polar surface area (TPSA) is 146 Å². The van der Waals surface area contributed by atoms with Crippen molar-refractivity contribution in [2.75, 3.05) is 24.7 Å². The summed E-state index contributed by atoms with van der Waals surface area (Å²) in [5, 5.41) is 33.8. The van der Waals surface area contributed by atoms with E-state index in [2.05, 4.69) is 10.6 Å². The second-order valence-corrected chi connectivity index (χ2v) is 20.8. The van der Waals surface area contributed by atoms with Crippen molar-refractivity contribution in [3.8, 4) is 0 Å². The maximum Gasteiger partial charge on any atom is 0.264 e. The normalized spacial score (nSPS) is 46.5. The number of piperazine rings is 2. The molecule has 0 radical (unpaired) electrons. The number of likely N-dealkylation sites (N-methyl/N-ethyl adjacent to an activating group) is 2. The van der Waals surface area contributed by atoms with Crippen molar-refractivity contribution in [1.82, 2.24) is 19.6 Å². The van der Waals surface area contributed by atoms with Crippen LogP contribution < -0.4 is 10.6 Å². The Balaban J connectivity index is 1.35. The number of amides is 4. The highest BCUT2D eigenvalue weighted by Gasteiger charge is 2.92. The molecule has 4 amide bonds. The maximum atomic E-state index is 14.9. The third-order valence-corrected chi connectivity index (χ3v) is 21.0. The van der Waals surface area contributed by atoms with E-state index in [1.165, 1.54) is 61.8 Å². The predicted molar refractivity (Wildman–Crippen MR) is 183 cm³/mol. The van der Waals surface area contributed by atoms with E-state index >= 15 is 0 Å². The molecule has 0 saturated carbocycles. The van der Waals surface area contributed by atoms with Crippen LogP contribution in [-0.2, 0) is 30.0 Å². The van der Waals surface area contributed by atoms with Crippen LogP contribution in [0.25, 0.3) is 0 Å². The van der Waals surface area contributed by atoms with Crippen molar-refractivity contribution in [1.29, 1.82) is 0 Å². The Morgan fingerprint density at radius 1 is 0.617 bits per heavy atom. The molecule has 2 aromatic carbocycles. The van der Waals surface area contributed by atoms with Crippen molar-refractivity contribution in [2.24, 2.45) is 0 Å². The first-order valence-electron chi connectivity index (χ1n) is 15.1. The molecule has 10 atom stereocenters. The molecule has 2 aromatic rings. The van der Waals surface area contributed by atoms with Crippen molar-refractivity contribution in [3.63, 3.8) is 0 Å². The SMILES string of the molecule is CN1C(=O)[C@@]23SSC1(C)C(=O)N2[C@H]1Nc2ccccc2[C@@]1([C@@]12c4ccccc4N[C@@H]1N1C(=O)[C@@]4(C)SSS[C@]1(C(=O)N4C)[C@H]2O)[C@@H]3O. The molecule has 47 heavy (non-hydrogen) atoms. The number of hydrogen-bond acceptors (Lipinski definition) is 13. The van der Waals surface area contributed by atoms with Crippen molar-refractivity contribution >= 4 is 88.0 Å². The minimum Gasteiger partial charge on any atom is -0.388 e. The Labute approximate surface area is 288 Å². The number of carbonyl (C=O) groups is 4. The average molecular weight is 729 g/mol. The number of aliphatic hydroxyl groups excluding tert-OH is 2. The van der Waals surface area contributed by atoms with Gasteiger partial charge in [0.25, 0.3) is 23.6 Å². The molecule has 10 aliphatic heterocycles. The fraction of sp³-hybridized carbons (Fsp3) is 0.467. The lowest BCUT2D eigenvalue weighted by atomic mass is 9.52. The number of hydrogen-bond donors (Lipinski definition) is 4. The van der Waals surface area contributed by atoms with Gasteiger partial charge in [0.1, 0.15) is 24.5 Å². The van der Waals surface area contributed by atoms with Crippen LogP contribution in [0.1, 0.15) is 25.0 Å². The third-order valence-electron chi connectivity index (χ3n) is 12.1. The van der Waals surface area contributed by atoms with Gasteiger partial charge >= 0.3 is 0 Å². The fourth-order valence-corrected chi connectivity index (χ4v) is 19.2. The Bertz CT molecular complexity index is 1920. The van der Waals surface area contributed by atoms with Crippen molar-refractivity contribution in [3.05, 3.63) is 59.7 Å². The van der Waals surface area contributed by atoms with Crippen LogP contribution in [0, 0.1) is 0 Å². The third kappa shape index (κ3) is 2.56. The van der Waals surface area contributed by atoms with Gasteiger partial charge in [0.05, 0.1) is 10.8 Å². The Kier molecular flexibility index (Phi) is 5.32. The second-order valence-electron chi connectivity index (χ2n) is 13.6. The average Bonchev–Trinajstić information content (AvgIpc) is 3.67. The molecule has 8 saturated heterocycles. The maximum absolute atomic E-state index is 14.9. The van der Waals surface area contributed by atoms with Crippen molar-refractivity contribution < 1.29 is 29.4 Å². The molecule has 12 nitrogen and oxygen atoms in total. The highest BCUT2D eigenvalue weighted by atomic mass is 33.5. The summed E-state index contributed by atoms with van der Waals surface area (Å²) in [6.07, 6.45) is -5.26. The number of benzene rings is 2. The summed E-state index contributed by atoms with van der Waals surface area (Å²) in [5.74, 6) is -1.54. The van der Waals surface area contributed by atoms with Crippen LogP contribution in [-0.4, -0.2) is 112 Å². The monoisotopic (exact) mass is 728 g/mol. The summed E-state index contributed by atoms with van der Waals surface area (Å²) in [4.78, 5) is 58.7. The first kappa shape index (κ1) is 29.5. The van der Waals surface area contributed by atoms with E-state index in [4.69, 9.17) is 0 Å². The summed E-state index contributed by atoms with van der Waals surface area (Å²) in [5.41, 5.74) is -0.815. The molecule has 17 heteroatoms. The lowest BCUT2D eigenvalue weighted by Crippen LogP contribution is -2.77. The van der Waals surface area contributed by atoms with E-state index in [-0.39, 0.29) is 11.8 Å². The summed E-state index contributed by atoms with van der Waals surface area (Å²) < 4.78 is 0. The minimum absolute atomic E-state index is 0.344. The van der Waals surface area contributed by atoms with Gasteiger partial charge in [-0.15, -0.1) is 0 Å². The van der Waals surface area contributed by atoms with Crippen LogP contribution in [0.3, 0.4) is 0 Å². The molecule has 1 unspecified atom stereocenters. The summed E-state index contributed by atoms with van der Waals surface area (Å²) in [6.45, 7) is 3.42. The fourth-order valence-electron chi connectivity index (χ4n) is 9.79. The molecule has 4 N–H and O–H groups in total. The number of anilines is 2. The van der Waals surface area contributed by atoms with Crippen LogP contribution in [0.2, 0.25) is 0 Å². The Morgan fingerprint density at radius 2 is 1.04 bits per heavy atom. The Morgan fingerprint density at radius 3 is 1.53 bits per heavy atom. The number of rotatable bonds is 1. The standard InChI is InChI=1S/C30H28N6O6S5/c1-25-21(39)35-19-27(13-9-5-7-11-15(13)31-19,17(37)29(35,45-43-25)23(41)33(25)3)28-14-10-6-8-12-16(14)32-20(28)36-22(40)26(2)34(4)24(42)30(36,18(28)38)46-47-44-26/h5-12,17-20,31-32,37-38H,1-4H3/t17-,18-,19+,20+,25?,26+,27+,28+,29+,30-/m0/s1. The van der Waals surface area contributed by atoms with Gasteiger partial charge < -0.3 is 30.6 Å². The van der Waals surface area contributed by atoms with Crippen LogP contribution in [0.4, 0.5) is 11.4 Å². The molecule has 4 bridgehead atoms. The minimum atomic E-state index is -1.79. The number of nitrogens with one attached hydrogen (secondary N) is 2. The van der Waals surface area contributed by atoms with E-state index in [1.807, 2.05) is 48.5 Å². The molecule has 244 valence electrons. The number of para-hydroxylation sites is 2. The van der Waals surface area contributed by atoms with Gasteiger partial charge in [-0.25, -0.2) is 0 Å². The van der Waals surface area contributed by atoms with Gasteiger partial charge in [-0.1, -0.05) is 47.2 Å². The van der Waals surface area contributed by atoms with Gasteiger partial charge in [0.15, 0.2) is 9.74 Å². The van der Waals surface area contributed by atoms with Crippen molar-refractivity contribution in [2.45, 2.75) is 68.7 Å². The molecule has 2 spiro atoms. The van der Waals surface area contributed by atoms with E-state index < -0.39 is 66.7 Å². The zero-order valence-electron chi connectivity index (χ0n) is 25.3. The molecular weight excluding hydrogens is 701 g/mol. The van der Waals surface area contributed by atoms with Gasteiger partial charge in [-0.05, 0) is 79.3 Å². The van der Waals surface area contributed by atoms with E-state index in [1.54, 1.807) is 27.9 Å². The summed E-state index contributed by atoms with van der Waals surface area (Å²) >= 11 is 0. The number of carbonyl (C=O) groups excluding carboxylic acids is 4. The first-order chi connectivity index (χ1) is 22.3. The quantitative estimate of drug-likeness (QED) is 0.318. The summed E-state index contributed by atoms with van der Waals surface area (Å²) in [7, 11) is 9.28. The second kappa shape index (κ2) is 8.47. The van der Waals surface area contributed by atoms with Gasteiger partial charge in [0, 0.05) is 25.5 Å². The molecule has 8 fully saturated rings. The summed E-state index contributed by atoms with van der Waals surface area (Å²) in [6, 6.07) is 14.8. The number of nitrogens with zero attached hydrogens (tertiary/aromatic N) is 4. The first-order valence-corrected chi connectivity index (χ1v) is 20.7. The highest BCUT2D eigenvalue weighted by Crippen LogP contribution is 2.78. The van der Waals surface area contributed by atoms with E-state index in [0.717, 1.165) is 10.8 Å². The molecule has 10 aliphatic rings. The largest absolute Gasteiger partial charge is 0.388 e. The van der Waals surface area contributed by atoms with Gasteiger partial charge in [-0.3, -0.25) is 29.0 Å². The van der Waals surface area contributed by atoms with Gasteiger partial charge in [-0.2, -0.15) is 0 Å². The number of fused-ring (bicyclic) bond motifs is 12. The smallest absolute Gasteiger partial charge is 0.264 e. The van der Waals surface area contributed by atoms with E-state index in [0.29, 0.717) is 22.5 Å². The molecule has 0 aliphatic carbocycles. The zero-order chi connectivity index (χ0) is 32.8. The molecule has 0 aromatic heterocycles. The zero-order valence-corrected chi connectivity index (χ0v) is 29.4.